The van der Waals surface area contributed by atoms with Crippen LogP contribution in [-0.4, -0.2) is 6.69 Å². The number of allylic oxidation sites excluding steroid dienone is 8. The van der Waals surface area contributed by atoms with Crippen LogP contribution < -0.4 is 0 Å². The van der Waals surface area contributed by atoms with Crippen molar-refractivity contribution < 1.29 is 19.2 Å². The second-order valence-electron chi connectivity index (χ2n) is 7.59. The normalized spacial score (nSPS) is 24.8. The molecular formula is C20H32Cl2SiTi. The quantitative estimate of drug-likeness (QED) is 0.317. The second-order valence-corrected chi connectivity index (χ2v) is 18.6. The van der Waals surface area contributed by atoms with Crippen LogP contribution in [0.15, 0.2) is 41.2 Å². The molecule has 0 saturated carbocycles. The zero-order chi connectivity index (χ0) is 19.0. The van der Waals surface area contributed by atoms with E-state index in [1.54, 1.807) is 41.2 Å². The maximum Gasteiger partial charge on any atom is 0.245 e. The first-order chi connectivity index (χ1) is 10.8. The van der Waals surface area contributed by atoms with E-state index in [0.29, 0.717) is 11.8 Å². The number of halogens is 2. The van der Waals surface area contributed by atoms with Crippen LogP contribution in [0, 0.1) is 11.8 Å². The van der Waals surface area contributed by atoms with E-state index in [-0.39, 0.29) is 19.2 Å². The van der Waals surface area contributed by atoms with Gasteiger partial charge in [-0.15, -0.1) is 22.2 Å². The average molecular weight is 419 g/mol. The largest absolute Gasteiger partial charge is 0.245 e. The third-order valence-corrected chi connectivity index (χ3v) is 8.92. The minimum absolute atomic E-state index is 0.132. The topological polar surface area (TPSA) is 0 Å². The molecule has 0 bridgehead atoms. The van der Waals surface area contributed by atoms with Crippen molar-refractivity contribution in [2.75, 3.05) is 0 Å². The standard InChI is InChI=1S/2C9H13.C2H6Cl2Si.Ti/c2*1-6-5-7(2)9(4)8(6)3;1-5(2,3)4;/h2*6H,1-4H3;1-2H3;. The molecule has 0 N–H and O–H groups in total. The summed E-state index contributed by atoms with van der Waals surface area (Å²) in [4.78, 5) is 0. The van der Waals surface area contributed by atoms with Crippen LogP contribution in [-0.2, 0) is 19.2 Å². The Kier molecular flexibility index (Phi) is 7.92. The van der Waals surface area contributed by atoms with Crippen LogP contribution in [0.5, 0.6) is 0 Å². The van der Waals surface area contributed by atoms with Crippen molar-refractivity contribution in [2.45, 2.75) is 68.5 Å². The Morgan fingerprint density at radius 1 is 0.667 bits per heavy atom. The van der Waals surface area contributed by atoms with E-state index >= 15 is 0 Å². The van der Waals surface area contributed by atoms with Gasteiger partial charge in [0.15, 0.2) is 0 Å². The maximum absolute atomic E-state index is 5.43. The van der Waals surface area contributed by atoms with Crippen LogP contribution in [0.2, 0.25) is 13.1 Å². The smallest absolute Gasteiger partial charge is 0.146 e. The van der Waals surface area contributed by atoms with E-state index in [1.165, 1.54) is 0 Å². The van der Waals surface area contributed by atoms with Crippen LogP contribution in [0.4, 0.5) is 0 Å². The van der Waals surface area contributed by atoms with Gasteiger partial charge < -0.3 is 0 Å². The van der Waals surface area contributed by atoms with Crippen molar-refractivity contribution in [1.29, 1.82) is 0 Å². The molecule has 0 radical (unpaired) electrons. The van der Waals surface area contributed by atoms with Crippen molar-refractivity contribution >= 4 is 28.9 Å². The summed E-state index contributed by atoms with van der Waals surface area (Å²) in [6.45, 7) is 20.8. The van der Waals surface area contributed by atoms with E-state index < -0.39 is 6.69 Å². The Balaban J connectivity index is 0.000000505. The molecule has 134 valence electrons. The van der Waals surface area contributed by atoms with Gasteiger partial charge in [0.1, 0.15) is 0 Å². The fourth-order valence-corrected chi connectivity index (χ4v) is 6.25. The summed E-state index contributed by atoms with van der Waals surface area (Å²) in [5.41, 5.74) is 9.50. The third kappa shape index (κ3) is 5.24. The summed E-state index contributed by atoms with van der Waals surface area (Å²) in [5, 5.41) is 0. The predicted octanol–water partition coefficient (Wildman–Crippen LogP) is 7.75. The van der Waals surface area contributed by atoms with Gasteiger partial charge in [-0.3, -0.25) is 0 Å². The summed E-state index contributed by atoms with van der Waals surface area (Å²) >= 11 is 10.7. The Labute approximate surface area is 168 Å². The molecule has 0 aromatic carbocycles. The van der Waals surface area contributed by atoms with Crippen molar-refractivity contribution in [3.63, 3.8) is 0 Å². The average Bonchev–Trinajstić information content (AvgIpc) is 2.75. The summed E-state index contributed by atoms with van der Waals surface area (Å²) in [7, 11) is 0. The first kappa shape index (κ1) is 22.5. The van der Waals surface area contributed by atoms with Gasteiger partial charge in [0.2, 0.25) is 6.69 Å². The fourth-order valence-electron chi connectivity index (χ4n) is 3.28. The molecule has 0 nitrogen and oxygen atoms in total. The second kappa shape index (κ2) is 8.44. The molecule has 0 spiro atoms. The summed E-state index contributed by atoms with van der Waals surface area (Å²) in [6, 6.07) is 0. The number of hydrogen-bond acceptors (Lipinski definition) is 0. The molecule has 0 aromatic heterocycles. The molecule has 24 heavy (non-hydrogen) atoms. The van der Waals surface area contributed by atoms with Crippen LogP contribution in [0.3, 0.4) is 0 Å². The Hall–Kier alpha value is 0.471. The van der Waals surface area contributed by atoms with Gasteiger partial charge in [-0.25, -0.2) is 0 Å². The molecule has 0 amide bonds. The Morgan fingerprint density at radius 2 is 0.917 bits per heavy atom. The molecule has 0 fully saturated rings. The van der Waals surface area contributed by atoms with Gasteiger partial charge >= 0.3 is 128 Å². The van der Waals surface area contributed by atoms with Crippen LogP contribution in [0.1, 0.15) is 55.4 Å². The number of hydrogen-bond donors (Lipinski definition) is 0. The summed E-state index contributed by atoms with van der Waals surface area (Å²) in [6.07, 6.45) is 0. The molecule has 2 aliphatic carbocycles. The Morgan fingerprint density at radius 3 is 1.08 bits per heavy atom. The molecule has 2 rings (SSSR count). The van der Waals surface area contributed by atoms with Gasteiger partial charge in [-0.05, 0) is 13.1 Å². The van der Waals surface area contributed by atoms with E-state index in [2.05, 4.69) is 55.4 Å². The minimum atomic E-state index is -1.67. The van der Waals surface area contributed by atoms with E-state index in [0.717, 1.165) is 0 Å². The number of rotatable bonds is 2. The van der Waals surface area contributed by atoms with Gasteiger partial charge in [0, 0.05) is 0 Å². The van der Waals surface area contributed by atoms with E-state index in [4.69, 9.17) is 22.2 Å². The van der Waals surface area contributed by atoms with Gasteiger partial charge in [0.05, 0.1) is 0 Å². The van der Waals surface area contributed by atoms with Crippen LogP contribution in [0.25, 0.3) is 0 Å². The summed E-state index contributed by atoms with van der Waals surface area (Å²) < 4.78 is 3.55. The van der Waals surface area contributed by atoms with Crippen molar-refractivity contribution in [3.8, 4) is 0 Å². The molecule has 4 heteroatoms. The molecular weight excluding hydrogens is 387 g/mol. The van der Waals surface area contributed by atoms with Gasteiger partial charge in [0.25, 0.3) is 0 Å². The predicted molar refractivity (Wildman–Crippen MR) is 110 cm³/mol. The van der Waals surface area contributed by atoms with Gasteiger partial charge in [-0.1, -0.05) is 0 Å². The summed E-state index contributed by atoms with van der Waals surface area (Å²) in [5.74, 6) is 1.38. The molecule has 0 saturated heterocycles. The zero-order valence-corrected chi connectivity index (χ0v) is 21.0. The van der Waals surface area contributed by atoms with Crippen molar-refractivity contribution in [2.24, 2.45) is 11.8 Å². The van der Waals surface area contributed by atoms with Crippen molar-refractivity contribution in [1.82, 2.24) is 0 Å². The first-order valence-electron chi connectivity index (χ1n) is 8.69. The van der Waals surface area contributed by atoms with E-state index in [1.807, 2.05) is 13.1 Å². The molecule has 2 unspecified atom stereocenters. The van der Waals surface area contributed by atoms with E-state index in [9.17, 15) is 0 Å². The SMILES string of the molecule is CC1=C(C)C(C)[C]([Ti][C]2=C(C)C(C)=C(C)C2C)=C1C.C[Si](C)(Cl)Cl. The molecule has 2 atom stereocenters. The monoisotopic (exact) mass is 418 g/mol. The molecule has 0 aromatic rings. The van der Waals surface area contributed by atoms with Gasteiger partial charge in [-0.2, -0.15) is 0 Å². The fraction of sp³-hybridized carbons (Fsp3) is 0.600. The molecule has 0 aliphatic heterocycles. The van der Waals surface area contributed by atoms with Crippen molar-refractivity contribution in [3.05, 3.63) is 41.2 Å². The molecule has 2 aliphatic rings. The minimum Gasteiger partial charge on any atom is -0.146 e. The first-order valence-corrected chi connectivity index (χ1v) is 15.3. The maximum atomic E-state index is 5.43. The third-order valence-electron chi connectivity index (χ3n) is 5.55. The zero-order valence-electron chi connectivity index (χ0n) is 16.9. The molecule has 0 heterocycles. The van der Waals surface area contributed by atoms with Crippen LogP contribution >= 0.6 is 22.2 Å². The Bertz CT molecular complexity index is 589.